The van der Waals surface area contributed by atoms with Crippen LogP contribution >= 0.6 is 0 Å². The van der Waals surface area contributed by atoms with Gasteiger partial charge in [0.1, 0.15) is 17.5 Å². The number of carbonyl (C=O) groups is 1. The number of rotatable bonds is 4. The third-order valence-electron chi connectivity index (χ3n) is 3.47. The Bertz CT molecular complexity index is 588. The Morgan fingerprint density at radius 3 is 3.20 bits per heavy atom. The SMILES string of the molecule is CCC(C(=O)Nc1cnn2c1NCCC2)n1cccn1. The Balaban J connectivity index is 1.77. The minimum Gasteiger partial charge on any atom is -0.368 e. The fourth-order valence-corrected chi connectivity index (χ4v) is 2.44. The van der Waals surface area contributed by atoms with Gasteiger partial charge in [-0.25, -0.2) is 4.68 Å². The Kier molecular flexibility index (Phi) is 3.41. The smallest absolute Gasteiger partial charge is 0.249 e. The van der Waals surface area contributed by atoms with Crippen molar-refractivity contribution in [1.29, 1.82) is 0 Å². The van der Waals surface area contributed by atoms with Crippen molar-refractivity contribution >= 4 is 17.4 Å². The molecule has 2 N–H and O–H groups in total. The zero-order valence-corrected chi connectivity index (χ0v) is 11.4. The molecule has 1 atom stereocenters. The quantitative estimate of drug-likeness (QED) is 0.885. The lowest BCUT2D eigenvalue weighted by atomic mass is 10.2. The second kappa shape index (κ2) is 5.36. The molecule has 7 heteroatoms. The average Bonchev–Trinajstić information content (AvgIpc) is 3.10. The second-order valence-electron chi connectivity index (χ2n) is 4.81. The van der Waals surface area contributed by atoms with Crippen molar-refractivity contribution in [3.8, 4) is 0 Å². The van der Waals surface area contributed by atoms with E-state index in [0.29, 0.717) is 6.42 Å². The summed E-state index contributed by atoms with van der Waals surface area (Å²) < 4.78 is 3.56. The van der Waals surface area contributed by atoms with Crippen molar-refractivity contribution in [1.82, 2.24) is 19.6 Å². The number of aromatic nitrogens is 4. The molecule has 0 radical (unpaired) electrons. The van der Waals surface area contributed by atoms with Crippen LogP contribution in [0.3, 0.4) is 0 Å². The number of fused-ring (bicyclic) bond motifs is 1. The number of nitrogens with zero attached hydrogens (tertiary/aromatic N) is 4. The van der Waals surface area contributed by atoms with Gasteiger partial charge in [-0.1, -0.05) is 6.92 Å². The van der Waals surface area contributed by atoms with Crippen molar-refractivity contribution in [2.45, 2.75) is 32.4 Å². The van der Waals surface area contributed by atoms with Crippen molar-refractivity contribution in [3.63, 3.8) is 0 Å². The van der Waals surface area contributed by atoms with E-state index >= 15 is 0 Å². The maximum Gasteiger partial charge on any atom is 0.249 e. The number of nitrogens with one attached hydrogen (secondary N) is 2. The van der Waals surface area contributed by atoms with Crippen LogP contribution in [0.4, 0.5) is 11.5 Å². The molecule has 0 aromatic carbocycles. The highest BCUT2D eigenvalue weighted by Crippen LogP contribution is 2.25. The summed E-state index contributed by atoms with van der Waals surface area (Å²) in [5, 5.41) is 14.6. The summed E-state index contributed by atoms with van der Waals surface area (Å²) in [5.74, 6) is 0.819. The molecule has 2 aromatic rings. The second-order valence-corrected chi connectivity index (χ2v) is 4.81. The van der Waals surface area contributed by atoms with Gasteiger partial charge in [-0.05, 0) is 18.9 Å². The lowest BCUT2D eigenvalue weighted by Gasteiger charge is -2.19. The first-order valence-electron chi connectivity index (χ1n) is 6.89. The summed E-state index contributed by atoms with van der Waals surface area (Å²) >= 11 is 0. The molecule has 0 spiro atoms. The maximum absolute atomic E-state index is 12.4. The molecular weight excluding hydrogens is 256 g/mol. The first-order chi connectivity index (χ1) is 9.79. The Hall–Kier alpha value is -2.31. The molecule has 20 heavy (non-hydrogen) atoms. The van der Waals surface area contributed by atoms with Crippen LogP contribution in [0.5, 0.6) is 0 Å². The molecule has 1 unspecified atom stereocenters. The van der Waals surface area contributed by atoms with E-state index < -0.39 is 0 Å². The number of amides is 1. The number of anilines is 2. The van der Waals surface area contributed by atoms with E-state index in [1.807, 2.05) is 17.7 Å². The molecule has 0 bridgehead atoms. The molecule has 1 aliphatic heterocycles. The molecule has 2 aromatic heterocycles. The van der Waals surface area contributed by atoms with Crippen LogP contribution < -0.4 is 10.6 Å². The number of aryl methyl sites for hydroxylation is 1. The van der Waals surface area contributed by atoms with E-state index in [1.165, 1.54) is 0 Å². The highest BCUT2D eigenvalue weighted by atomic mass is 16.2. The normalized spacial score (nSPS) is 15.2. The molecule has 1 aliphatic rings. The van der Waals surface area contributed by atoms with Crippen molar-refractivity contribution in [2.24, 2.45) is 0 Å². The number of carbonyl (C=O) groups excluding carboxylic acids is 1. The Labute approximate surface area is 117 Å². The van der Waals surface area contributed by atoms with Crippen molar-refractivity contribution in [2.75, 3.05) is 17.2 Å². The molecule has 0 saturated carbocycles. The molecule has 7 nitrogen and oxygen atoms in total. The van der Waals surface area contributed by atoms with Crippen LogP contribution in [0.25, 0.3) is 0 Å². The largest absolute Gasteiger partial charge is 0.368 e. The van der Waals surface area contributed by atoms with Crippen LogP contribution in [0.1, 0.15) is 25.8 Å². The summed E-state index contributed by atoms with van der Waals surface area (Å²) in [6.07, 6.45) is 6.91. The molecule has 3 heterocycles. The first-order valence-corrected chi connectivity index (χ1v) is 6.89. The van der Waals surface area contributed by atoms with E-state index in [1.54, 1.807) is 23.3 Å². The van der Waals surface area contributed by atoms with Gasteiger partial charge < -0.3 is 10.6 Å². The summed E-state index contributed by atoms with van der Waals surface area (Å²) in [5.41, 5.74) is 0.736. The van der Waals surface area contributed by atoms with Crippen LogP contribution in [-0.4, -0.2) is 32.0 Å². The van der Waals surface area contributed by atoms with E-state index in [9.17, 15) is 4.79 Å². The zero-order valence-electron chi connectivity index (χ0n) is 11.4. The van der Waals surface area contributed by atoms with Gasteiger partial charge in [0.25, 0.3) is 0 Å². The van der Waals surface area contributed by atoms with Gasteiger partial charge in [-0.15, -0.1) is 0 Å². The topological polar surface area (TPSA) is 76.8 Å². The molecule has 106 valence electrons. The average molecular weight is 274 g/mol. The van der Waals surface area contributed by atoms with Gasteiger partial charge in [-0.2, -0.15) is 10.2 Å². The lowest BCUT2D eigenvalue weighted by Crippen LogP contribution is -2.26. The monoisotopic (exact) mass is 274 g/mol. The fraction of sp³-hybridized carbons (Fsp3) is 0.462. The Morgan fingerprint density at radius 1 is 1.55 bits per heavy atom. The molecule has 0 fully saturated rings. The molecule has 0 aliphatic carbocycles. The summed E-state index contributed by atoms with van der Waals surface area (Å²) in [6, 6.07) is 1.52. The van der Waals surface area contributed by atoms with Crippen LogP contribution in [-0.2, 0) is 11.3 Å². The predicted molar refractivity (Wildman–Crippen MR) is 75.5 cm³/mol. The maximum atomic E-state index is 12.4. The van der Waals surface area contributed by atoms with Crippen LogP contribution in [0.2, 0.25) is 0 Å². The first kappa shape index (κ1) is 12.7. The van der Waals surface area contributed by atoms with E-state index in [4.69, 9.17) is 0 Å². The highest BCUT2D eigenvalue weighted by molar-refractivity contribution is 5.96. The van der Waals surface area contributed by atoms with Crippen LogP contribution in [0.15, 0.2) is 24.7 Å². The van der Waals surface area contributed by atoms with Gasteiger partial charge in [0.15, 0.2) is 0 Å². The summed E-state index contributed by atoms with van der Waals surface area (Å²) in [6.45, 7) is 3.76. The lowest BCUT2D eigenvalue weighted by molar-refractivity contribution is -0.119. The summed E-state index contributed by atoms with van der Waals surface area (Å²) in [7, 11) is 0. The van der Waals surface area contributed by atoms with E-state index in [2.05, 4.69) is 20.8 Å². The van der Waals surface area contributed by atoms with E-state index in [-0.39, 0.29) is 11.9 Å². The number of hydrogen-bond acceptors (Lipinski definition) is 4. The molecule has 0 saturated heterocycles. The van der Waals surface area contributed by atoms with Gasteiger partial charge >= 0.3 is 0 Å². The van der Waals surface area contributed by atoms with Gasteiger partial charge in [-0.3, -0.25) is 9.48 Å². The minimum absolute atomic E-state index is 0.0700. The third-order valence-corrected chi connectivity index (χ3v) is 3.47. The van der Waals surface area contributed by atoms with Crippen molar-refractivity contribution in [3.05, 3.63) is 24.7 Å². The molecule has 3 rings (SSSR count). The highest BCUT2D eigenvalue weighted by Gasteiger charge is 2.22. The number of hydrogen-bond donors (Lipinski definition) is 2. The molecular formula is C13H18N6O. The summed E-state index contributed by atoms with van der Waals surface area (Å²) in [4.78, 5) is 12.4. The predicted octanol–water partition coefficient (Wildman–Crippen LogP) is 1.49. The fourth-order valence-electron chi connectivity index (χ4n) is 2.44. The zero-order chi connectivity index (χ0) is 13.9. The van der Waals surface area contributed by atoms with Gasteiger partial charge in [0.05, 0.1) is 6.20 Å². The molecule has 1 amide bonds. The minimum atomic E-state index is -0.302. The van der Waals surface area contributed by atoms with Crippen LogP contribution in [0, 0.1) is 0 Å². The third kappa shape index (κ3) is 2.26. The standard InChI is InChI=1S/C13H18N6O/c1-2-11(18-7-4-6-15-18)13(20)17-10-9-16-19-8-3-5-14-12(10)19/h4,6-7,9,11,14H,2-3,5,8H2,1H3,(H,17,20). The Morgan fingerprint density at radius 2 is 2.45 bits per heavy atom. The van der Waals surface area contributed by atoms with E-state index in [0.717, 1.165) is 31.0 Å². The van der Waals surface area contributed by atoms with Crippen molar-refractivity contribution < 1.29 is 4.79 Å². The van der Waals surface area contributed by atoms with Gasteiger partial charge in [0, 0.05) is 25.5 Å². The van der Waals surface area contributed by atoms with Gasteiger partial charge in [0.2, 0.25) is 5.91 Å².